The van der Waals surface area contributed by atoms with Crippen LogP contribution in [0.15, 0.2) is 77.1 Å². The Hall–Kier alpha value is -2.30. The summed E-state index contributed by atoms with van der Waals surface area (Å²) in [5.41, 5.74) is 10.1. The van der Waals surface area contributed by atoms with Gasteiger partial charge in [0.15, 0.2) is 0 Å². The van der Waals surface area contributed by atoms with E-state index in [0.29, 0.717) is 0 Å². The second-order valence-electron chi connectivity index (χ2n) is 5.42. The summed E-state index contributed by atoms with van der Waals surface area (Å²) < 4.78 is 0. The molecule has 0 unspecified atom stereocenters. The topological polar surface area (TPSA) is 29.3 Å². The van der Waals surface area contributed by atoms with E-state index in [2.05, 4.69) is 70.3 Å². The van der Waals surface area contributed by atoms with Crippen molar-refractivity contribution >= 4 is 43.9 Å². The van der Waals surface area contributed by atoms with Crippen molar-refractivity contribution < 1.29 is 0 Å². The summed E-state index contributed by atoms with van der Waals surface area (Å²) >= 11 is 3.49. The number of thiophene rings is 2. The normalized spacial score (nSPS) is 12.4. The number of nitrogens with two attached hydrogens (primary N) is 1. The Kier molecular flexibility index (Phi) is 5.18. The van der Waals surface area contributed by atoms with Crippen LogP contribution in [0, 0.1) is 0 Å². The zero-order valence-corrected chi connectivity index (χ0v) is 15.4. The van der Waals surface area contributed by atoms with Crippen LogP contribution in [0.3, 0.4) is 0 Å². The summed E-state index contributed by atoms with van der Waals surface area (Å²) in [6.45, 7) is 3.94. The van der Waals surface area contributed by atoms with Crippen molar-refractivity contribution in [1.82, 2.24) is 0 Å². The monoisotopic (exact) mass is 352 g/mol. The van der Waals surface area contributed by atoms with Crippen molar-refractivity contribution in [2.45, 2.75) is 13.8 Å². The molecular formula is C20H20N2S2. The Balaban J connectivity index is 1.97. The van der Waals surface area contributed by atoms with E-state index in [4.69, 9.17) is 5.73 Å². The Bertz CT molecular complexity index is 788. The lowest BCUT2D eigenvalue weighted by Gasteiger charge is -2.21. The smallest absolute Gasteiger partial charge is 0.101 e. The Morgan fingerprint density at radius 2 is 1.54 bits per heavy atom. The van der Waals surface area contributed by atoms with E-state index >= 15 is 0 Å². The molecule has 4 heteroatoms. The predicted molar refractivity (Wildman–Crippen MR) is 108 cm³/mol. The highest BCUT2D eigenvalue weighted by atomic mass is 32.1. The van der Waals surface area contributed by atoms with E-state index in [9.17, 15) is 0 Å². The van der Waals surface area contributed by atoms with Gasteiger partial charge in [-0.15, -0.1) is 22.7 Å². The quantitative estimate of drug-likeness (QED) is 0.528. The van der Waals surface area contributed by atoms with Gasteiger partial charge in [-0.05, 0) is 78.2 Å². The van der Waals surface area contributed by atoms with Crippen LogP contribution in [0.2, 0.25) is 0 Å². The molecule has 0 atom stereocenters. The molecule has 0 amide bonds. The third kappa shape index (κ3) is 3.61. The number of benzene rings is 1. The van der Waals surface area contributed by atoms with Crippen molar-refractivity contribution in [1.29, 1.82) is 0 Å². The van der Waals surface area contributed by atoms with E-state index in [0.717, 1.165) is 17.0 Å². The van der Waals surface area contributed by atoms with Gasteiger partial charge < -0.3 is 5.73 Å². The first kappa shape index (κ1) is 16.6. The molecule has 1 aromatic carbocycles. The molecule has 0 fully saturated rings. The largest absolute Gasteiger partial charge is 0.402 e. The van der Waals surface area contributed by atoms with Gasteiger partial charge in [-0.2, -0.15) is 0 Å². The zero-order valence-electron chi connectivity index (χ0n) is 13.8. The maximum Gasteiger partial charge on any atom is 0.101 e. The van der Waals surface area contributed by atoms with Gasteiger partial charge in [0.25, 0.3) is 0 Å². The lowest BCUT2D eigenvalue weighted by Crippen LogP contribution is -2.06. The second-order valence-corrected chi connectivity index (χ2v) is 7.27. The lowest BCUT2D eigenvalue weighted by molar-refractivity contribution is 1.31. The van der Waals surface area contributed by atoms with Crippen molar-refractivity contribution in [2.75, 3.05) is 4.90 Å². The minimum atomic E-state index is 0.811. The van der Waals surface area contributed by atoms with Crippen molar-refractivity contribution in [2.24, 2.45) is 5.73 Å². The van der Waals surface area contributed by atoms with Crippen LogP contribution in [-0.2, 0) is 0 Å². The maximum atomic E-state index is 5.83. The molecule has 0 aliphatic rings. The van der Waals surface area contributed by atoms with Gasteiger partial charge in [-0.3, -0.25) is 4.90 Å². The van der Waals surface area contributed by atoms with Gasteiger partial charge in [-0.1, -0.05) is 18.2 Å². The van der Waals surface area contributed by atoms with E-state index in [1.165, 1.54) is 15.6 Å². The number of allylic oxidation sites excluding steroid dienone is 4. The molecule has 0 bridgehead atoms. The highest BCUT2D eigenvalue weighted by Crippen LogP contribution is 2.39. The molecule has 0 radical (unpaired) electrons. The molecule has 0 spiro atoms. The lowest BCUT2D eigenvalue weighted by atomic mass is 10.0. The summed E-state index contributed by atoms with van der Waals surface area (Å²) in [6.07, 6.45) is 4.09. The number of hydrogen-bond donors (Lipinski definition) is 1. The van der Waals surface area contributed by atoms with E-state index in [1.807, 2.05) is 19.9 Å². The first-order valence-electron chi connectivity index (χ1n) is 7.76. The molecule has 2 heterocycles. The highest BCUT2D eigenvalue weighted by molar-refractivity contribution is 7.16. The molecule has 2 aromatic heterocycles. The molecule has 122 valence electrons. The van der Waals surface area contributed by atoms with Crippen LogP contribution in [0.1, 0.15) is 19.4 Å². The summed E-state index contributed by atoms with van der Waals surface area (Å²) in [6, 6.07) is 17.1. The van der Waals surface area contributed by atoms with Crippen LogP contribution in [0.25, 0.3) is 5.57 Å². The zero-order chi connectivity index (χ0) is 16.9. The average Bonchev–Trinajstić information content (AvgIpc) is 3.28. The maximum absolute atomic E-state index is 5.83. The molecule has 0 aliphatic heterocycles. The number of anilines is 3. The fraction of sp³-hybridized carbons (Fsp3) is 0.100. The van der Waals surface area contributed by atoms with Crippen LogP contribution in [0.5, 0.6) is 0 Å². The average molecular weight is 353 g/mol. The van der Waals surface area contributed by atoms with Crippen LogP contribution >= 0.6 is 22.7 Å². The fourth-order valence-corrected chi connectivity index (χ4v) is 4.12. The SMILES string of the molecule is C/C=C(\C=C(\C)N)c1ccc(N(c2cccs2)c2cccs2)cc1. The van der Waals surface area contributed by atoms with Crippen molar-refractivity contribution in [3.63, 3.8) is 0 Å². The molecule has 0 saturated heterocycles. The molecular weight excluding hydrogens is 332 g/mol. The van der Waals surface area contributed by atoms with Gasteiger partial charge in [0.05, 0.1) is 0 Å². The fourth-order valence-electron chi connectivity index (χ4n) is 2.54. The first-order chi connectivity index (χ1) is 11.7. The van der Waals surface area contributed by atoms with Gasteiger partial charge >= 0.3 is 0 Å². The minimum Gasteiger partial charge on any atom is -0.402 e. The second kappa shape index (κ2) is 7.51. The summed E-state index contributed by atoms with van der Waals surface area (Å²) in [5, 5.41) is 6.65. The van der Waals surface area contributed by atoms with Gasteiger partial charge in [0.2, 0.25) is 0 Å². The van der Waals surface area contributed by atoms with Gasteiger partial charge in [0, 0.05) is 11.4 Å². The van der Waals surface area contributed by atoms with Crippen LogP contribution in [0.4, 0.5) is 15.7 Å². The summed E-state index contributed by atoms with van der Waals surface area (Å²) in [4.78, 5) is 2.29. The van der Waals surface area contributed by atoms with E-state index in [1.54, 1.807) is 22.7 Å². The van der Waals surface area contributed by atoms with Crippen LogP contribution in [-0.4, -0.2) is 0 Å². The third-order valence-electron chi connectivity index (χ3n) is 3.61. The number of nitrogens with zero attached hydrogens (tertiary/aromatic N) is 1. The molecule has 24 heavy (non-hydrogen) atoms. The Morgan fingerprint density at radius 1 is 0.958 bits per heavy atom. The Morgan fingerprint density at radius 3 is 1.96 bits per heavy atom. The number of hydrogen-bond acceptors (Lipinski definition) is 4. The minimum absolute atomic E-state index is 0.811. The van der Waals surface area contributed by atoms with E-state index in [-0.39, 0.29) is 0 Å². The molecule has 2 N–H and O–H groups in total. The molecule has 0 aliphatic carbocycles. The third-order valence-corrected chi connectivity index (χ3v) is 5.31. The summed E-state index contributed by atoms with van der Waals surface area (Å²) in [7, 11) is 0. The van der Waals surface area contributed by atoms with Crippen LogP contribution < -0.4 is 10.6 Å². The molecule has 3 rings (SSSR count). The highest BCUT2D eigenvalue weighted by Gasteiger charge is 2.14. The Labute approximate surface area is 151 Å². The predicted octanol–water partition coefficient (Wildman–Crippen LogP) is 6.55. The standard InChI is InChI=1S/C20H20N2S2/c1-3-16(14-15(2)21)17-8-10-18(11-9-17)22(19-6-4-12-23-19)20-7-5-13-24-20/h3-14H,21H2,1-2H3/b15-14-,16-3+. The molecule has 3 aromatic rings. The first-order valence-corrected chi connectivity index (χ1v) is 9.52. The van der Waals surface area contributed by atoms with Gasteiger partial charge in [0.1, 0.15) is 10.0 Å². The summed E-state index contributed by atoms with van der Waals surface area (Å²) in [5.74, 6) is 0. The van der Waals surface area contributed by atoms with E-state index < -0.39 is 0 Å². The molecule has 0 saturated carbocycles. The number of rotatable bonds is 5. The van der Waals surface area contributed by atoms with Crippen molar-refractivity contribution in [3.8, 4) is 0 Å². The molecule has 2 nitrogen and oxygen atoms in total. The van der Waals surface area contributed by atoms with Gasteiger partial charge in [-0.25, -0.2) is 0 Å². The van der Waals surface area contributed by atoms with Crippen molar-refractivity contribution in [3.05, 3.63) is 82.7 Å².